The molecule has 1 aromatic heterocycles. The molecule has 0 saturated heterocycles. The highest BCUT2D eigenvalue weighted by Gasteiger charge is 2.31. The fraction of sp³-hybridized carbons (Fsp3) is 0.615. The van der Waals surface area contributed by atoms with Gasteiger partial charge in [0.2, 0.25) is 0 Å². The van der Waals surface area contributed by atoms with Crippen molar-refractivity contribution in [3.8, 4) is 0 Å². The maximum atomic E-state index is 10.5. The van der Waals surface area contributed by atoms with E-state index in [2.05, 4.69) is 33.2 Å². The Morgan fingerprint density at radius 1 is 1.56 bits per heavy atom. The lowest BCUT2D eigenvalue weighted by Crippen LogP contribution is -2.40. The fourth-order valence-electron chi connectivity index (χ4n) is 2.27. The van der Waals surface area contributed by atoms with Gasteiger partial charge in [-0.05, 0) is 53.6 Å². The number of hydrogen-bond donors (Lipinski definition) is 2. The van der Waals surface area contributed by atoms with Crippen LogP contribution in [-0.4, -0.2) is 22.2 Å². The molecule has 1 aromatic rings. The number of rotatable bonds is 3. The molecular weight excluding hydrogens is 316 g/mol. The van der Waals surface area contributed by atoms with Gasteiger partial charge in [-0.25, -0.2) is 4.98 Å². The summed E-state index contributed by atoms with van der Waals surface area (Å²) in [5.41, 5.74) is -0.620. The fourth-order valence-corrected chi connectivity index (χ4v) is 2.97. The van der Waals surface area contributed by atoms with E-state index in [0.29, 0.717) is 17.4 Å². The summed E-state index contributed by atoms with van der Waals surface area (Å²) < 4.78 is 0.850. The molecule has 18 heavy (non-hydrogen) atoms. The summed E-state index contributed by atoms with van der Waals surface area (Å²) in [4.78, 5) is 4.21. The van der Waals surface area contributed by atoms with Crippen LogP contribution in [0.2, 0.25) is 5.02 Å². The third-order valence-corrected chi connectivity index (χ3v) is 4.32. The average molecular weight is 334 g/mol. The van der Waals surface area contributed by atoms with Crippen molar-refractivity contribution in [1.29, 1.82) is 0 Å². The van der Waals surface area contributed by atoms with Gasteiger partial charge in [0.25, 0.3) is 0 Å². The van der Waals surface area contributed by atoms with Crippen molar-refractivity contribution >= 4 is 33.3 Å². The predicted molar refractivity (Wildman–Crippen MR) is 78.0 cm³/mol. The molecule has 3 nitrogen and oxygen atoms in total. The van der Waals surface area contributed by atoms with Crippen molar-refractivity contribution < 1.29 is 5.11 Å². The van der Waals surface area contributed by atoms with Crippen LogP contribution < -0.4 is 5.32 Å². The molecule has 5 heteroatoms. The molecule has 1 aliphatic carbocycles. The van der Waals surface area contributed by atoms with Gasteiger partial charge in [-0.15, -0.1) is 0 Å². The zero-order valence-corrected chi connectivity index (χ0v) is 12.8. The quantitative estimate of drug-likeness (QED) is 0.883. The highest BCUT2D eigenvalue weighted by molar-refractivity contribution is 9.10. The second-order valence-electron chi connectivity index (χ2n) is 5.24. The SMILES string of the molecule is CC1CCC(O)(CNc2ncc(Br)cc2Cl)CC1. The molecule has 100 valence electrons. The Bertz CT molecular complexity index is 419. The Balaban J connectivity index is 1.94. The number of pyridine rings is 1. The van der Waals surface area contributed by atoms with Crippen LogP contribution in [0.15, 0.2) is 16.7 Å². The van der Waals surface area contributed by atoms with E-state index in [0.717, 1.165) is 36.1 Å². The van der Waals surface area contributed by atoms with Crippen LogP contribution in [0.5, 0.6) is 0 Å². The first-order valence-corrected chi connectivity index (χ1v) is 7.43. The molecule has 1 aliphatic rings. The van der Waals surface area contributed by atoms with Crippen molar-refractivity contribution in [3.05, 3.63) is 21.8 Å². The first-order valence-electron chi connectivity index (χ1n) is 6.26. The number of nitrogens with zero attached hydrogens (tertiary/aromatic N) is 1. The predicted octanol–water partition coefficient (Wildman–Crippen LogP) is 3.85. The minimum atomic E-state index is -0.620. The van der Waals surface area contributed by atoms with Crippen LogP contribution >= 0.6 is 27.5 Å². The molecule has 0 radical (unpaired) electrons. The van der Waals surface area contributed by atoms with Gasteiger partial charge in [0, 0.05) is 17.2 Å². The Morgan fingerprint density at radius 2 is 2.22 bits per heavy atom. The number of aromatic nitrogens is 1. The molecule has 0 aliphatic heterocycles. The van der Waals surface area contributed by atoms with Crippen molar-refractivity contribution in [2.24, 2.45) is 5.92 Å². The topological polar surface area (TPSA) is 45.1 Å². The van der Waals surface area contributed by atoms with Gasteiger partial charge in [0.1, 0.15) is 5.82 Å². The molecule has 0 spiro atoms. The minimum Gasteiger partial charge on any atom is -0.388 e. The minimum absolute atomic E-state index is 0.508. The third-order valence-electron chi connectivity index (χ3n) is 3.60. The van der Waals surface area contributed by atoms with E-state index in [4.69, 9.17) is 11.6 Å². The van der Waals surface area contributed by atoms with Crippen molar-refractivity contribution in [2.75, 3.05) is 11.9 Å². The zero-order chi connectivity index (χ0) is 13.2. The second kappa shape index (κ2) is 5.76. The van der Waals surface area contributed by atoms with Crippen LogP contribution in [-0.2, 0) is 0 Å². The highest BCUT2D eigenvalue weighted by atomic mass is 79.9. The van der Waals surface area contributed by atoms with Gasteiger partial charge >= 0.3 is 0 Å². The summed E-state index contributed by atoms with van der Waals surface area (Å²) in [5, 5.41) is 14.2. The molecular formula is C13H18BrClN2O. The van der Waals surface area contributed by atoms with E-state index in [1.807, 2.05) is 0 Å². The summed E-state index contributed by atoms with van der Waals surface area (Å²) in [6.45, 7) is 2.74. The number of halogens is 2. The highest BCUT2D eigenvalue weighted by Crippen LogP contribution is 2.32. The molecule has 0 aromatic carbocycles. The molecule has 2 rings (SSSR count). The standard InChI is InChI=1S/C13H18BrClN2O/c1-9-2-4-13(18,5-3-9)8-17-12-11(15)6-10(14)7-16-12/h6-7,9,18H,2-5,8H2,1H3,(H,16,17). The van der Waals surface area contributed by atoms with E-state index in [1.54, 1.807) is 12.3 Å². The van der Waals surface area contributed by atoms with Crippen LogP contribution in [0.3, 0.4) is 0 Å². The number of hydrogen-bond acceptors (Lipinski definition) is 3. The van der Waals surface area contributed by atoms with E-state index >= 15 is 0 Å². The molecule has 0 amide bonds. The monoisotopic (exact) mass is 332 g/mol. The summed E-state index contributed by atoms with van der Waals surface area (Å²) in [6.07, 6.45) is 5.55. The Hall–Kier alpha value is -0.320. The van der Waals surface area contributed by atoms with E-state index in [1.165, 1.54) is 0 Å². The molecule has 2 N–H and O–H groups in total. The van der Waals surface area contributed by atoms with Crippen LogP contribution in [0, 0.1) is 5.92 Å². The summed E-state index contributed by atoms with van der Waals surface area (Å²) in [5.74, 6) is 1.35. The van der Waals surface area contributed by atoms with Crippen LogP contribution in [0.4, 0.5) is 5.82 Å². The third kappa shape index (κ3) is 3.59. The molecule has 1 fully saturated rings. The maximum absolute atomic E-state index is 10.5. The van der Waals surface area contributed by atoms with Gasteiger partial charge in [0.15, 0.2) is 0 Å². The zero-order valence-electron chi connectivity index (χ0n) is 10.4. The molecule has 1 saturated carbocycles. The normalized spacial score (nSPS) is 28.1. The Kier molecular flexibility index (Phi) is 4.51. The van der Waals surface area contributed by atoms with Crippen LogP contribution in [0.25, 0.3) is 0 Å². The maximum Gasteiger partial charge on any atom is 0.144 e. The Morgan fingerprint density at radius 3 is 2.83 bits per heavy atom. The molecule has 0 atom stereocenters. The van der Waals surface area contributed by atoms with Crippen molar-refractivity contribution in [2.45, 2.75) is 38.2 Å². The second-order valence-corrected chi connectivity index (χ2v) is 6.57. The molecule has 1 heterocycles. The first-order chi connectivity index (χ1) is 8.48. The first kappa shape index (κ1) is 14.1. The van der Waals surface area contributed by atoms with Gasteiger partial charge in [-0.1, -0.05) is 18.5 Å². The van der Waals surface area contributed by atoms with Crippen molar-refractivity contribution in [1.82, 2.24) is 4.98 Å². The smallest absolute Gasteiger partial charge is 0.144 e. The molecule has 0 unspecified atom stereocenters. The van der Waals surface area contributed by atoms with E-state index in [-0.39, 0.29) is 0 Å². The van der Waals surface area contributed by atoms with E-state index < -0.39 is 5.60 Å². The largest absolute Gasteiger partial charge is 0.388 e. The average Bonchev–Trinajstić information content (AvgIpc) is 2.32. The van der Waals surface area contributed by atoms with Crippen molar-refractivity contribution in [3.63, 3.8) is 0 Å². The number of nitrogens with one attached hydrogen (secondary N) is 1. The summed E-state index contributed by atoms with van der Waals surface area (Å²) in [7, 11) is 0. The lowest BCUT2D eigenvalue weighted by molar-refractivity contribution is 0.00495. The summed E-state index contributed by atoms with van der Waals surface area (Å²) >= 11 is 9.40. The lowest BCUT2D eigenvalue weighted by Gasteiger charge is -2.35. The van der Waals surface area contributed by atoms with Crippen LogP contribution in [0.1, 0.15) is 32.6 Å². The lowest BCUT2D eigenvalue weighted by atomic mass is 9.79. The van der Waals surface area contributed by atoms with Gasteiger partial charge < -0.3 is 10.4 Å². The number of aliphatic hydroxyl groups is 1. The van der Waals surface area contributed by atoms with Gasteiger partial charge in [-0.3, -0.25) is 0 Å². The van der Waals surface area contributed by atoms with Gasteiger partial charge in [-0.2, -0.15) is 0 Å². The molecule has 0 bridgehead atoms. The Labute approximate surface area is 121 Å². The number of anilines is 1. The summed E-state index contributed by atoms with van der Waals surface area (Å²) in [6, 6.07) is 1.80. The van der Waals surface area contributed by atoms with E-state index in [9.17, 15) is 5.11 Å². The van der Waals surface area contributed by atoms with Gasteiger partial charge in [0.05, 0.1) is 10.6 Å².